The molecule has 6 rings (SSSR count). The lowest BCUT2D eigenvalue weighted by atomic mass is 9.59. The highest BCUT2D eigenvalue weighted by atomic mass is 16.6. The van der Waals surface area contributed by atoms with E-state index in [-0.39, 0.29) is 6.09 Å². The molecule has 8 heteroatoms. The van der Waals surface area contributed by atoms with Crippen molar-refractivity contribution in [2.45, 2.75) is 77.2 Å². The molecule has 0 aromatic heterocycles. The van der Waals surface area contributed by atoms with Gasteiger partial charge in [-0.25, -0.2) is 4.79 Å². The number of morpholine rings is 1. The summed E-state index contributed by atoms with van der Waals surface area (Å²) in [6.45, 7) is 16.2. The van der Waals surface area contributed by atoms with Crippen LogP contribution in [-0.2, 0) is 22.6 Å². The van der Waals surface area contributed by atoms with Crippen molar-refractivity contribution in [1.82, 2.24) is 19.6 Å². The summed E-state index contributed by atoms with van der Waals surface area (Å²) in [4.78, 5) is 22.6. The van der Waals surface area contributed by atoms with Crippen LogP contribution in [0.1, 0.15) is 69.2 Å². The van der Waals surface area contributed by atoms with Gasteiger partial charge in [-0.05, 0) is 80.7 Å². The SMILES string of the molecule is COc1ccc(CN2CCN(C3CC4(CCN(C(=O)OC(C)(C)C)CC4)C3)C(c3ccccc3CN3CCOCC3)C2)cc1. The van der Waals surface area contributed by atoms with Crippen molar-refractivity contribution in [3.63, 3.8) is 0 Å². The molecule has 0 N–H and O–H groups in total. The Morgan fingerprint density at radius 2 is 1.59 bits per heavy atom. The Kier molecular flexibility index (Phi) is 9.53. The average molecular weight is 605 g/mol. The summed E-state index contributed by atoms with van der Waals surface area (Å²) >= 11 is 0. The van der Waals surface area contributed by atoms with Crippen LogP contribution in [0.5, 0.6) is 5.75 Å². The molecule has 3 aliphatic heterocycles. The van der Waals surface area contributed by atoms with E-state index in [1.807, 2.05) is 25.7 Å². The van der Waals surface area contributed by atoms with Crippen LogP contribution in [0.2, 0.25) is 0 Å². The van der Waals surface area contributed by atoms with Crippen LogP contribution in [0.3, 0.4) is 0 Å². The minimum atomic E-state index is -0.448. The van der Waals surface area contributed by atoms with E-state index < -0.39 is 5.60 Å². The van der Waals surface area contributed by atoms with E-state index in [1.165, 1.54) is 29.5 Å². The van der Waals surface area contributed by atoms with Gasteiger partial charge in [-0.15, -0.1) is 0 Å². The standard InChI is InChI=1S/C36H52N4O4/c1-35(2,3)44-34(41)39-15-13-36(14-16-39)23-30(24-36)40-18-17-38(25-28-9-11-31(42-4)12-10-28)27-33(40)32-8-6-5-7-29(32)26-37-19-21-43-22-20-37/h5-12,30,33H,13-27H2,1-4H3. The number of methoxy groups -OCH3 is 1. The largest absolute Gasteiger partial charge is 0.497 e. The van der Waals surface area contributed by atoms with Crippen LogP contribution in [0.25, 0.3) is 0 Å². The zero-order chi connectivity index (χ0) is 30.7. The molecule has 0 bridgehead atoms. The number of hydrogen-bond acceptors (Lipinski definition) is 7. The molecule has 3 heterocycles. The molecule has 3 saturated heterocycles. The first kappa shape index (κ1) is 31.3. The molecule has 240 valence electrons. The maximum atomic E-state index is 12.7. The second kappa shape index (κ2) is 13.4. The van der Waals surface area contributed by atoms with Gasteiger partial charge >= 0.3 is 6.09 Å². The maximum Gasteiger partial charge on any atom is 0.410 e. The van der Waals surface area contributed by atoms with Crippen molar-refractivity contribution in [3.8, 4) is 5.75 Å². The van der Waals surface area contributed by atoms with E-state index >= 15 is 0 Å². The van der Waals surface area contributed by atoms with E-state index in [4.69, 9.17) is 14.2 Å². The van der Waals surface area contributed by atoms with Crippen LogP contribution < -0.4 is 4.74 Å². The summed E-state index contributed by atoms with van der Waals surface area (Å²) in [5.41, 5.74) is 4.19. The third kappa shape index (κ3) is 7.41. The van der Waals surface area contributed by atoms with E-state index in [0.29, 0.717) is 17.5 Å². The van der Waals surface area contributed by atoms with Gasteiger partial charge < -0.3 is 19.1 Å². The zero-order valence-corrected chi connectivity index (χ0v) is 27.3. The highest BCUT2D eigenvalue weighted by Crippen LogP contribution is 2.53. The molecule has 0 radical (unpaired) electrons. The Labute approximate surface area is 264 Å². The molecular formula is C36H52N4O4. The van der Waals surface area contributed by atoms with Gasteiger partial charge in [-0.2, -0.15) is 0 Å². The molecule has 1 spiro atoms. The molecule has 4 aliphatic rings. The molecule has 1 amide bonds. The zero-order valence-electron chi connectivity index (χ0n) is 27.3. The number of amides is 1. The number of likely N-dealkylation sites (tertiary alicyclic amines) is 1. The van der Waals surface area contributed by atoms with Gasteiger partial charge in [0.05, 0.1) is 20.3 Å². The highest BCUT2D eigenvalue weighted by molar-refractivity contribution is 5.68. The highest BCUT2D eigenvalue weighted by Gasteiger charge is 2.50. The minimum Gasteiger partial charge on any atom is -0.497 e. The Balaban J connectivity index is 1.15. The fourth-order valence-corrected chi connectivity index (χ4v) is 7.78. The monoisotopic (exact) mass is 604 g/mol. The summed E-state index contributed by atoms with van der Waals surface area (Å²) in [7, 11) is 1.72. The van der Waals surface area contributed by atoms with Gasteiger partial charge in [0, 0.05) is 71.0 Å². The topological polar surface area (TPSA) is 57.7 Å². The van der Waals surface area contributed by atoms with Crippen molar-refractivity contribution < 1.29 is 19.0 Å². The summed E-state index contributed by atoms with van der Waals surface area (Å²) in [6.07, 6.45) is 4.47. The molecule has 1 saturated carbocycles. The minimum absolute atomic E-state index is 0.159. The lowest BCUT2D eigenvalue weighted by Crippen LogP contribution is -2.60. The number of carbonyl (C=O) groups excluding carboxylic acids is 1. The summed E-state index contributed by atoms with van der Waals surface area (Å²) in [6, 6.07) is 18.7. The normalized spacial score (nSPS) is 23.8. The lowest BCUT2D eigenvalue weighted by molar-refractivity contribution is -0.0783. The average Bonchev–Trinajstić information content (AvgIpc) is 3.00. The quantitative estimate of drug-likeness (QED) is 0.410. The first-order valence-electron chi connectivity index (χ1n) is 16.7. The summed E-state index contributed by atoms with van der Waals surface area (Å²) in [5, 5.41) is 0. The number of benzene rings is 2. The molecule has 2 aromatic carbocycles. The molecule has 44 heavy (non-hydrogen) atoms. The molecule has 8 nitrogen and oxygen atoms in total. The number of rotatable bonds is 7. The number of carbonyl (C=O) groups is 1. The molecule has 1 aliphatic carbocycles. The lowest BCUT2D eigenvalue weighted by Gasteiger charge is -2.58. The molecular weight excluding hydrogens is 552 g/mol. The van der Waals surface area contributed by atoms with E-state index in [2.05, 4.69) is 63.2 Å². The molecule has 2 aromatic rings. The number of ether oxygens (including phenoxy) is 3. The Morgan fingerprint density at radius 1 is 0.886 bits per heavy atom. The first-order chi connectivity index (χ1) is 21.2. The Morgan fingerprint density at radius 3 is 2.27 bits per heavy atom. The number of hydrogen-bond donors (Lipinski definition) is 0. The van der Waals surface area contributed by atoms with Crippen LogP contribution >= 0.6 is 0 Å². The fourth-order valence-electron chi connectivity index (χ4n) is 7.78. The van der Waals surface area contributed by atoms with Crippen LogP contribution in [-0.4, -0.2) is 103 Å². The van der Waals surface area contributed by atoms with Gasteiger partial charge in [0.2, 0.25) is 0 Å². The van der Waals surface area contributed by atoms with Crippen molar-refractivity contribution >= 4 is 6.09 Å². The summed E-state index contributed by atoms with van der Waals surface area (Å²) < 4.78 is 16.7. The van der Waals surface area contributed by atoms with Crippen molar-refractivity contribution in [2.75, 3.05) is 66.1 Å². The van der Waals surface area contributed by atoms with E-state index in [9.17, 15) is 4.79 Å². The number of piperidine rings is 1. The maximum absolute atomic E-state index is 12.7. The number of nitrogens with zero attached hydrogens (tertiary/aromatic N) is 4. The van der Waals surface area contributed by atoms with Crippen molar-refractivity contribution in [1.29, 1.82) is 0 Å². The van der Waals surface area contributed by atoms with E-state index in [0.717, 1.165) is 90.7 Å². The van der Waals surface area contributed by atoms with Gasteiger partial charge in [-0.3, -0.25) is 14.7 Å². The Bertz CT molecular complexity index is 1240. The predicted octanol–water partition coefficient (Wildman–Crippen LogP) is 5.57. The molecule has 1 unspecified atom stereocenters. The summed E-state index contributed by atoms with van der Waals surface area (Å²) in [5.74, 6) is 0.907. The van der Waals surface area contributed by atoms with Gasteiger partial charge in [0.25, 0.3) is 0 Å². The second-order valence-electron chi connectivity index (χ2n) is 14.5. The third-order valence-corrected chi connectivity index (χ3v) is 10.3. The third-order valence-electron chi connectivity index (χ3n) is 10.3. The second-order valence-corrected chi connectivity index (χ2v) is 14.5. The smallest absolute Gasteiger partial charge is 0.410 e. The van der Waals surface area contributed by atoms with E-state index in [1.54, 1.807) is 7.11 Å². The van der Waals surface area contributed by atoms with Crippen LogP contribution in [0.4, 0.5) is 4.79 Å². The fraction of sp³-hybridized carbons (Fsp3) is 0.639. The molecule has 4 fully saturated rings. The predicted molar refractivity (Wildman–Crippen MR) is 173 cm³/mol. The molecule has 1 atom stereocenters. The van der Waals surface area contributed by atoms with Crippen LogP contribution in [0, 0.1) is 5.41 Å². The number of piperazine rings is 1. The van der Waals surface area contributed by atoms with Gasteiger partial charge in [-0.1, -0.05) is 36.4 Å². The van der Waals surface area contributed by atoms with Gasteiger partial charge in [0.1, 0.15) is 11.4 Å². The first-order valence-corrected chi connectivity index (χ1v) is 16.7. The van der Waals surface area contributed by atoms with Crippen LogP contribution in [0.15, 0.2) is 48.5 Å². The van der Waals surface area contributed by atoms with Gasteiger partial charge in [0.15, 0.2) is 0 Å². The van der Waals surface area contributed by atoms with Crippen molar-refractivity contribution in [3.05, 3.63) is 65.2 Å². The Hall–Kier alpha value is -2.65. The van der Waals surface area contributed by atoms with Crippen molar-refractivity contribution in [2.24, 2.45) is 5.41 Å².